The molecule has 0 radical (unpaired) electrons. The minimum Gasteiger partial charge on any atom is -0.298 e. The molecule has 0 aliphatic rings. The summed E-state index contributed by atoms with van der Waals surface area (Å²) in [7, 11) is 1.56. The number of anilines is 1. The summed E-state index contributed by atoms with van der Waals surface area (Å²) >= 11 is 5.99. The number of rotatable bonds is 6. The lowest BCUT2D eigenvalue weighted by molar-refractivity contribution is 0.808. The summed E-state index contributed by atoms with van der Waals surface area (Å²) < 4.78 is 2.99. The van der Waals surface area contributed by atoms with E-state index in [9.17, 15) is 9.59 Å². The van der Waals surface area contributed by atoms with E-state index in [1.807, 2.05) is 61.5 Å². The first kappa shape index (κ1) is 21.3. The third-order valence-corrected chi connectivity index (χ3v) is 5.16. The molecule has 9 heteroatoms. The molecule has 0 bridgehead atoms. The lowest BCUT2D eigenvalue weighted by Crippen LogP contribution is -2.29. The van der Waals surface area contributed by atoms with Gasteiger partial charge < -0.3 is 0 Å². The average Bonchev–Trinajstić information content (AvgIpc) is 3.15. The molecule has 4 rings (SSSR count). The summed E-state index contributed by atoms with van der Waals surface area (Å²) in [5.74, 6) is 0.342. The molecule has 0 amide bonds. The van der Waals surface area contributed by atoms with Crippen molar-refractivity contribution >= 4 is 40.5 Å². The predicted molar refractivity (Wildman–Crippen MR) is 128 cm³/mol. The highest BCUT2D eigenvalue weighted by Gasteiger charge is 2.17. The van der Waals surface area contributed by atoms with Gasteiger partial charge in [0.2, 0.25) is 5.95 Å². The Bertz CT molecular complexity index is 1430. The maximum Gasteiger partial charge on any atom is 0.329 e. The minimum absolute atomic E-state index is 0.267. The number of imidazole rings is 1. The van der Waals surface area contributed by atoms with Crippen molar-refractivity contribution in [3.63, 3.8) is 0 Å². The Hall–Kier alpha value is -3.91. The largest absolute Gasteiger partial charge is 0.329 e. The average molecular weight is 449 g/mol. The van der Waals surface area contributed by atoms with E-state index in [4.69, 9.17) is 11.6 Å². The van der Waals surface area contributed by atoms with Crippen LogP contribution in [0.25, 0.3) is 17.2 Å². The molecule has 0 unspecified atom stereocenters. The number of allylic oxidation sites excluding steroid dienone is 1. The Morgan fingerprint density at radius 2 is 1.88 bits per heavy atom. The van der Waals surface area contributed by atoms with Gasteiger partial charge in [0.05, 0.1) is 12.3 Å². The van der Waals surface area contributed by atoms with E-state index >= 15 is 0 Å². The number of benzene rings is 2. The fraction of sp³-hybridized carbons (Fsp3) is 0.130. The van der Waals surface area contributed by atoms with Gasteiger partial charge in [-0.15, -0.1) is 0 Å². The van der Waals surface area contributed by atoms with Gasteiger partial charge in [-0.05, 0) is 36.3 Å². The third-order valence-electron chi connectivity index (χ3n) is 4.91. The van der Waals surface area contributed by atoms with E-state index in [1.54, 1.807) is 23.7 Å². The summed E-state index contributed by atoms with van der Waals surface area (Å²) in [5.41, 5.74) is 5.11. The van der Waals surface area contributed by atoms with Gasteiger partial charge in [0.25, 0.3) is 5.56 Å². The molecule has 162 valence electrons. The standard InChI is InChI=1S/C23H21ClN6O2/c1-15(8-9-16-6-4-3-5-7-16)27-28-22-25-20-19(21(31)26-23(32)29(20)2)30(22)14-17-10-12-18(24)13-11-17/h3-13H,14H2,1-2H3,(H,25,28)(H,26,31,32)/b9-8+,27-15+. The van der Waals surface area contributed by atoms with Crippen molar-refractivity contribution in [2.45, 2.75) is 13.5 Å². The molecule has 2 aromatic heterocycles. The van der Waals surface area contributed by atoms with Crippen molar-refractivity contribution in [3.8, 4) is 0 Å². The zero-order valence-corrected chi connectivity index (χ0v) is 18.3. The molecule has 0 fully saturated rings. The highest BCUT2D eigenvalue weighted by atomic mass is 35.5. The highest BCUT2D eigenvalue weighted by molar-refractivity contribution is 6.30. The SMILES string of the molecule is CC(/C=C/c1ccccc1)=N\Nc1nc2c(c(=O)[nH]c(=O)n2C)n1Cc1ccc(Cl)cc1. The molecule has 0 saturated heterocycles. The Labute approximate surface area is 188 Å². The molecule has 0 aliphatic heterocycles. The molecule has 0 spiro atoms. The van der Waals surface area contributed by atoms with Crippen molar-refractivity contribution < 1.29 is 0 Å². The fourth-order valence-electron chi connectivity index (χ4n) is 3.20. The number of hydrogen-bond donors (Lipinski definition) is 2. The van der Waals surface area contributed by atoms with Gasteiger partial charge in [0.1, 0.15) is 0 Å². The first-order valence-electron chi connectivity index (χ1n) is 9.90. The van der Waals surface area contributed by atoms with E-state index < -0.39 is 11.2 Å². The number of aromatic nitrogens is 4. The third kappa shape index (κ3) is 4.55. The van der Waals surface area contributed by atoms with Crippen molar-refractivity contribution in [2.75, 3.05) is 5.43 Å². The van der Waals surface area contributed by atoms with Crippen LogP contribution >= 0.6 is 11.6 Å². The zero-order valence-electron chi connectivity index (χ0n) is 17.5. The molecule has 0 atom stereocenters. The Morgan fingerprint density at radius 1 is 1.16 bits per heavy atom. The molecule has 0 saturated carbocycles. The monoisotopic (exact) mass is 448 g/mol. The first-order valence-corrected chi connectivity index (χ1v) is 10.3. The summed E-state index contributed by atoms with van der Waals surface area (Å²) in [6, 6.07) is 17.2. The minimum atomic E-state index is -0.532. The topological polar surface area (TPSA) is 97.1 Å². The predicted octanol–water partition coefficient (Wildman–Crippen LogP) is 3.63. The second kappa shape index (κ2) is 9.07. The zero-order chi connectivity index (χ0) is 22.7. The lowest BCUT2D eigenvalue weighted by atomic mass is 10.2. The van der Waals surface area contributed by atoms with Crippen LogP contribution in [-0.2, 0) is 13.6 Å². The Morgan fingerprint density at radius 3 is 2.59 bits per heavy atom. The number of aromatic amines is 1. The number of halogens is 1. The van der Waals surface area contributed by atoms with Gasteiger partial charge in [-0.25, -0.2) is 10.2 Å². The summed E-state index contributed by atoms with van der Waals surface area (Å²) in [6.07, 6.45) is 3.82. The molecular weight excluding hydrogens is 428 g/mol. The normalized spacial score (nSPS) is 12.0. The van der Waals surface area contributed by atoms with Crippen LogP contribution in [0.1, 0.15) is 18.1 Å². The van der Waals surface area contributed by atoms with E-state index in [1.165, 1.54) is 4.57 Å². The quantitative estimate of drug-likeness (QED) is 0.347. The van der Waals surface area contributed by atoms with Crippen molar-refractivity contribution in [1.82, 2.24) is 19.1 Å². The second-order valence-corrected chi connectivity index (χ2v) is 7.68. The van der Waals surface area contributed by atoms with Crippen molar-refractivity contribution in [1.29, 1.82) is 0 Å². The van der Waals surface area contributed by atoms with E-state index in [-0.39, 0.29) is 11.2 Å². The smallest absolute Gasteiger partial charge is 0.298 e. The van der Waals surface area contributed by atoms with E-state index in [2.05, 4.69) is 20.5 Å². The molecule has 2 heterocycles. The van der Waals surface area contributed by atoms with Crippen LogP contribution in [0.15, 0.2) is 75.4 Å². The van der Waals surface area contributed by atoms with Gasteiger partial charge in [-0.1, -0.05) is 60.1 Å². The fourth-order valence-corrected chi connectivity index (χ4v) is 3.33. The molecule has 0 aliphatic carbocycles. The number of fused-ring (bicyclic) bond motifs is 1. The van der Waals surface area contributed by atoms with Gasteiger partial charge in [0.15, 0.2) is 11.2 Å². The number of hydrogen-bond acceptors (Lipinski definition) is 5. The molecule has 2 N–H and O–H groups in total. The summed E-state index contributed by atoms with van der Waals surface area (Å²) in [6.45, 7) is 2.19. The number of aryl methyl sites for hydroxylation is 1. The van der Waals surface area contributed by atoms with Crippen LogP contribution < -0.4 is 16.7 Å². The van der Waals surface area contributed by atoms with Gasteiger partial charge in [0, 0.05) is 12.1 Å². The highest BCUT2D eigenvalue weighted by Crippen LogP contribution is 2.19. The van der Waals surface area contributed by atoms with Crippen molar-refractivity contribution in [3.05, 3.63) is 97.7 Å². The van der Waals surface area contributed by atoms with Crippen LogP contribution in [0.5, 0.6) is 0 Å². The van der Waals surface area contributed by atoms with Gasteiger partial charge in [-0.2, -0.15) is 10.1 Å². The number of hydrazone groups is 1. The van der Waals surface area contributed by atoms with Crippen LogP contribution in [0, 0.1) is 0 Å². The maximum atomic E-state index is 12.6. The number of nitrogens with zero attached hydrogens (tertiary/aromatic N) is 4. The summed E-state index contributed by atoms with van der Waals surface area (Å²) in [4.78, 5) is 31.4. The van der Waals surface area contributed by atoms with Gasteiger partial charge in [-0.3, -0.25) is 18.9 Å². The second-order valence-electron chi connectivity index (χ2n) is 7.25. The summed E-state index contributed by atoms with van der Waals surface area (Å²) in [5, 5.41) is 5.00. The maximum absolute atomic E-state index is 12.6. The molecule has 2 aromatic carbocycles. The van der Waals surface area contributed by atoms with E-state index in [0.29, 0.717) is 23.2 Å². The van der Waals surface area contributed by atoms with E-state index in [0.717, 1.165) is 11.1 Å². The number of nitrogens with one attached hydrogen (secondary N) is 2. The molecule has 8 nitrogen and oxygen atoms in total. The van der Waals surface area contributed by atoms with Crippen LogP contribution in [0.4, 0.5) is 5.95 Å². The Balaban J connectivity index is 1.72. The molecular formula is C23H21ClN6O2. The first-order chi connectivity index (χ1) is 15.4. The lowest BCUT2D eigenvalue weighted by Gasteiger charge is -2.09. The number of H-pyrrole nitrogens is 1. The Kier molecular flexibility index (Phi) is 6.04. The van der Waals surface area contributed by atoms with Crippen LogP contribution in [0.3, 0.4) is 0 Å². The molecule has 4 aromatic rings. The van der Waals surface area contributed by atoms with Gasteiger partial charge >= 0.3 is 5.69 Å². The molecule has 32 heavy (non-hydrogen) atoms. The van der Waals surface area contributed by atoms with Crippen LogP contribution in [-0.4, -0.2) is 24.8 Å². The van der Waals surface area contributed by atoms with Crippen LogP contribution in [0.2, 0.25) is 5.02 Å². The van der Waals surface area contributed by atoms with Crippen molar-refractivity contribution in [2.24, 2.45) is 12.1 Å².